The maximum Gasteiger partial charge on any atom is 0.647 e. The van der Waals surface area contributed by atoms with Gasteiger partial charge in [-0.2, -0.15) is 4.57 Å². The number of halogens is 5. The highest BCUT2D eigenvalue weighted by Gasteiger charge is 2.36. The Kier molecular flexibility index (Phi) is 6.93. The average molecular weight is 499 g/mol. The van der Waals surface area contributed by atoms with Gasteiger partial charge in [0.25, 0.3) is 0 Å². The van der Waals surface area contributed by atoms with Crippen LogP contribution in [-0.2, 0) is 4.57 Å². The summed E-state index contributed by atoms with van der Waals surface area (Å²) in [5.41, 5.74) is 0. The SMILES string of the molecule is O=P(Oc1ccccc1)(Oc1ccccc1)Oc1c(Cl)c(Cl)c(Cl)c(Cl)c1Cl. The summed E-state index contributed by atoms with van der Waals surface area (Å²) in [5.74, 6) is 0.193. The standard InChI is InChI=1S/C18H10Cl5O4P/c19-13-14(20)16(22)18(17(23)15(13)21)27-28(24,25-11-7-3-1-4-8-11)26-12-9-5-2-6-10-12/h1-10H. The van der Waals surface area contributed by atoms with Gasteiger partial charge in [0, 0.05) is 0 Å². The molecule has 0 saturated carbocycles. The predicted octanol–water partition coefficient (Wildman–Crippen LogP) is 8.60. The fraction of sp³-hybridized carbons (Fsp3) is 0. The first-order valence-corrected chi connectivity index (χ1v) is 11.0. The molecule has 3 aromatic carbocycles. The molecule has 3 rings (SSSR count). The molecule has 0 heterocycles. The zero-order valence-corrected chi connectivity index (χ0v) is 18.4. The second kappa shape index (κ2) is 9.04. The van der Waals surface area contributed by atoms with Crippen molar-refractivity contribution in [2.24, 2.45) is 0 Å². The van der Waals surface area contributed by atoms with E-state index in [0.29, 0.717) is 0 Å². The van der Waals surface area contributed by atoms with Crippen molar-refractivity contribution in [3.63, 3.8) is 0 Å². The molecule has 0 radical (unpaired) electrons. The van der Waals surface area contributed by atoms with E-state index in [0.717, 1.165) is 0 Å². The van der Waals surface area contributed by atoms with E-state index in [1.807, 2.05) is 0 Å². The van der Waals surface area contributed by atoms with E-state index in [9.17, 15) is 4.57 Å². The van der Waals surface area contributed by atoms with E-state index in [-0.39, 0.29) is 42.4 Å². The number of phosphoric ester groups is 1. The highest BCUT2D eigenvalue weighted by molar-refractivity contribution is 7.49. The van der Waals surface area contributed by atoms with Crippen LogP contribution in [0.15, 0.2) is 60.7 Å². The van der Waals surface area contributed by atoms with Gasteiger partial charge in [0.15, 0.2) is 5.75 Å². The quantitative estimate of drug-likeness (QED) is 0.194. The van der Waals surface area contributed by atoms with Gasteiger partial charge in [-0.05, 0) is 24.3 Å². The minimum atomic E-state index is -4.32. The zero-order valence-electron chi connectivity index (χ0n) is 13.7. The van der Waals surface area contributed by atoms with Crippen LogP contribution in [0.2, 0.25) is 25.1 Å². The number of rotatable bonds is 6. The third kappa shape index (κ3) is 4.83. The van der Waals surface area contributed by atoms with Crippen LogP contribution in [0.4, 0.5) is 0 Å². The van der Waals surface area contributed by atoms with Gasteiger partial charge in [0.1, 0.15) is 21.5 Å². The van der Waals surface area contributed by atoms with Gasteiger partial charge in [-0.3, -0.25) is 0 Å². The van der Waals surface area contributed by atoms with E-state index >= 15 is 0 Å². The number of para-hydroxylation sites is 2. The molecule has 0 aliphatic heterocycles. The second-order valence-corrected chi connectivity index (χ2v) is 8.58. The Morgan fingerprint density at radius 3 is 1.29 bits per heavy atom. The Hall–Kier alpha value is -1.26. The third-order valence-corrected chi connectivity index (χ3v) is 6.81. The van der Waals surface area contributed by atoms with E-state index < -0.39 is 7.82 Å². The summed E-state index contributed by atoms with van der Waals surface area (Å²) >= 11 is 30.4. The van der Waals surface area contributed by atoms with Crippen LogP contribution in [-0.4, -0.2) is 0 Å². The Morgan fingerprint density at radius 2 is 0.893 bits per heavy atom. The topological polar surface area (TPSA) is 44.8 Å². The van der Waals surface area contributed by atoms with E-state index in [4.69, 9.17) is 71.6 Å². The third-order valence-electron chi connectivity index (χ3n) is 3.29. The molecular weight excluding hydrogens is 488 g/mol. The van der Waals surface area contributed by atoms with Crippen LogP contribution in [0.5, 0.6) is 17.2 Å². The monoisotopic (exact) mass is 496 g/mol. The molecular formula is C18H10Cl5O4P. The molecule has 0 aromatic heterocycles. The first kappa shape index (κ1) is 21.4. The molecule has 0 saturated heterocycles. The fourth-order valence-electron chi connectivity index (χ4n) is 2.05. The van der Waals surface area contributed by atoms with Crippen LogP contribution >= 0.6 is 65.8 Å². The number of phosphoric acid groups is 1. The normalized spacial score (nSPS) is 11.2. The smallest absolute Gasteiger partial charge is 0.386 e. The maximum atomic E-state index is 13.4. The highest BCUT2D eigenvalue weighted by Crippen LogP contribution is 2.56. The maximum absolute atomic E-state index is 13.4. The summed E-state index contributed by atoms with van der Waals surface area (Å²) < 4.78 is 29.9. The summed E-state index contributed by atoms with van der Waals surface area (Å²) in [6.07, 6.45) is 0. The van der Waals surface area contributed by atoms with Crippen LogP contribution in [0.1, 0.15) is 0 Å². The van der Waals surface area contributed by atoms with Crippen molar-refractivity contribution < 1.29 is 18.1 Å². The Balaban J connectivity index is 2.04. The summed E-state index contributed by atoms with van der Waals surface area (Å²) in [7, 11) is -4.32. The first-order chi connectivity index (χ1) is 13.3. The van der Waals surface area contributed by atoms with Crippen molar-refractivity contribution in [3.05, 3.63) is 85.8 Å². The van der Waals surface area contributed by atoms with Gasteiger partial charge >= 0.3 is 7.82 Å². The van der Waals surface area contributed by atoms with Gasteiger partial charge in [0.2, 0.25) is 0 Å². The first-order valence-electron chi connectivity index (χ1n) is 7.61. The van der Waals surface area contributed by atoms with Gasteiger partial charge in [-0.1, -0.05) is 94.4 Å². The molecule has 10 heteroatoms. The van der Waals surface area contributed by atoms with Crippen molar-refractivity contribution in [2.75, 3.05) is 0 Å². The van der Waals surface area contributed by atoms with E-state index in [1.165, 1.54) is 0 Å². The largest absolute Gasteiger partial charge is 0.647 e. The molecule has 0 unspecified atom stereocenters. The van der Waals surface area contributed by atoms with Crippen LogP contribution in [0, 0.1) is 0 Å². The Morgan fingerprint density at radius 1 is 0.536 bits per heavy atom. The van der Waals surface area contributed by atoms with Crippen molar-refractivity contribution in [1.82, 2.24) is 0 Å². The molecule has 3 aromatic rings. The predicted molar refractivity (Wildman–Crippen MR) is 114 cm³/mol. The summed E-state index contributed by atoms with van der Waals surface area (Å²) in [5, 5.41) is -0.657. The molecule has 0 spiro atoms. The Labute approximate surface area is 186 Å². The zero-order chi connectivity index (χ0) is 20.3. The molecule has 0 bridgehead atoms. The molecule has 0 N–H and O–H groups in total. The minimum absolute atomic E-state index is 0.0616. The lowest BCUT2D eigenvalue weighted by molar-refractivity contribution is 0.298. The van der Waals surface area contributed by atoms with E-state index in [1.54, 1.807) is 60.7 Å². The van der Waals surface area contributed by atoms with Crippen LogP contribution in [0.3, 0.4) is 0 Å². The molecule has 28 heavy (non-hydrogen) atoms. The van der Waals surface area contributed by atoms with Crippen LogP contribution < -0.4 is 13.6 Å². The van der Waals surface area contributed by atoms with E-state index in [2.05, 4.69) is 0 Å². The van der Waals surface area contributed by atoms with Crippen molar-refractivity contribution in [1.29, 1.82) is 0 Å². The minimum Gasteiger partial charge on any atom is -0.386 e. The van der Waals surface area contributed by atoms with Crippen molar-refractivity contribution in [2.45, 2.75) is 0 Å². The Bertz CT molecular complexity index is 957. The lowest BCUT2D eigenvalue weighted by atomic mass is 10.3. The lowest BCUT2D eigenvalue weighted by Gasteiger charge is -2.21. The summed E-state index contributed by atoms with van der Waals surface area (Å²) in [6, 6.07) is 16.6. The van der Waals surface area contributed by atoms with Crippen LogP contribution in [0.25, 0.3) is 0 Å². The molecule has 0 fully saturated rings. The molecule has 0 atom stereocenters. The highest BCUT2D eigenvalue weighted by atomic mass is 35.5. The fourth-order valence-corrected chi connectivity index (χ4v) is 4.64. The number of hydrogen-bond acceptors (Lipinski definition) is 4. The second-order valence-electron chi connectivity index (χ2n) is 5.25. The van der Waals surface area contributed by atoms with Gasteiger partial charge in [-0.15, -0.1) is 0 Å². The van der Waals surface area contributed by atoms with Gasteiger partial charge in [0.05, 0.1) is 15.1 Å². The molecule has 0 amide bonds. The van der Waals surface area contributed by atoms with Gasteiger partial charge < -0.3 is 13.6 Å². The number of benzene rings is 3. The number of hydrogen-bond donors (Lipinski definition) is 0. The van der Waals surface area contributed by atoms with Crippen molar-refractivity contribution >= 4 is 65.8 Å². The van der Waals surface area contributed by atoms with Crippen molar-refractivity contribution in [3.8, 4) is 17.2 Å². The summed E-state index contributed by atoms with van der Waals surface area (Å²) in [4.78, 5) is 0. The molecule has 0 aliphatic rings. The lowest BCUT2D eigenvalue weighted by Crippen LogP contribution is -2.08. The van der Waals surface area contributed by atoms with Gasteiger partial charge in [-0.25, -0.2) is 0 Å². The molecule has 0 aliphatic carbocycles. The average Bonchev–Trinajstić information content (AvgIpc) is 2.70. The molecule has 146 valence electrons. The molecule has 4 nitrogen and oxygen atoms in total. The summed E-state index contributed by atoms with van der Waals surface area (Å²) in [6.45, 7) is 0.